The molecule has 1 aliphatic rings. The summed E-state index contributed by atoms with van der Waals surface area (Å²) < 4.78 is 103. The number of benzene rings is 1. The maximum Gasteiger partial charge on any atom is 0.501 e. The highest BCUT2D eigenvalue weighted by molar-refractivity contribution is 7.92. The minimum absolute atomic E-state index is 0.0995. The van der Waals surface area contributed by atoms with Gasteiger partial charge in [0.05, 0.1) is 12.2 Å². The van der Waals surface area contributed by atoms with E-state index in [4.69, 9.17) is 0 Å². The molecule has 1 fully saturated rings. The number of hydrogen-bond acceptors (Lipinski definition) is 5. The second-order valence-corrected chi connectivity index (χ2v) is 8.26. The zero-order valence-corrected chi connectivity index (χ0v) is 15.6. The first-order chi connectivity index (χ1) is 13.5. The summed E-state index contributed by atoms with van der Waals surface area (Å²) in [6.07, 6.45) is 2.38. The van der Waals surface area contributed by atoms with Gasteiger partial charge in [-0.05, 0) is 18.2 Å². The molecule has 2 aromatic rings. The molecule has 0 aliphatic carbocycles. The molecule has 6 nitrogen and oxygen atoms in total. The molecule has 1 saturated heterocycles. The number of sulfone groups is 1. The molecule has 29 heavy (non-hydrogen) atoms. The molecule has 0 atom stereocenters. The van der Waals surface area contributed by atoms with Crippen molar-refractivity contribution in [2.45, 2.75) is 23.5 Å². The summed E-state index contributed by atoms with van der Waals surface area (Å²) in [5, 5.41) is 0. The monoisotopic (exact) mass is 442 g/mol. The van der Waals surface area contributed by atoms with Crippen LogP contribution in [-0.2, 0) is 16.4 Å². The van der Waals surface area contributed by atoms with Crippen LogP contribution in [0.5, 0.6) is 0 Å². The third-order valence-corrected chi connectivity index (χ3v) is 6.07. The zero-order valence-electron chi connectivity index (χ0n) is 14.8. The van der Waals surface area contributed by atoms with E-state index >= 15 is 0 Å². The van der Waals surface area contributed by atoms with E-state index in [0.29, 0.717) is 10.6 Å². The van der Waals surface area contributed by atoms with Gasteiger partial charge in [-0.15, -0.1) is 0 Å². The van der Waals surface area contributed by atoms with Gasteiger partial charge in [-0.25, -0.2) is 17.8 Å². The van der Waals surface area contributed by atoms with Gasteiger partial charge in [-0.3, -0.25) is 9.47 Å². The summed E-state index contributed by atoms with van der Waals surface area (Å²) in [4.78, 5) is 5.89. The quantitative estimate of drug-likeness (QED) is 0.667. The van der Waals surface area contributed by atoms with Gasteiger partial charge in [0.1, 0.15) is 16.5 Å². The molecule has 3 rings (SSSR count). The number of rotatable bonds is 5. The first kappa shape index (κ1) is 21.4. The van der Waals surface area contributed by atoms with Crippen molar-refractivity contribution in [3.05, 3.63) is 42.2 Å². The lowest BCUT2D eigenvalue weighted by Crippen LogP contribution is -2.46. The maximum atomic E-state index is 13.5. The van der Waals surface area contributed by atoms with Crippen LogP contribution in [0.3, 0.4) is 0 Å². The lowest BCUT2D eigenvalue weighted by atomic mass is 10.2. The maximum absolute atomic E-state index is 13.5. The fourth-order valence-electron chi connectivity index (χ4n) is 3.08. The highest BCUT2D eigenvalue weighted by Crippen LogP contribution is 2.36. The standard InChI is InChI=1S/C16H16F6N4O2S/c17-11-1-2-12(13(9-11)29(27,28)16(20,21)22)25-7-5-24(6-8-25)10-14-23-3-4-26(14)15(18)19/h1-4,9,15H,5-8,10H2. The van der Waals surface area contributed by atoms with Crippen LogP contribution in [-0.4, -0.2) is 54.6 Å². The van der Waals surface area contributed by atoms with Crippen LogP contribution < -0.4 is 4.90 Å². The number of halogens is 6. The fourth-order valence-corrected chi connectivity index (χ4v) is 4.07. The van der Waals surface area contributed by atoms with E-state index in [1.165, 1.54) is 11.1 Å². The predicted octanol–water partition coefficient (Wildman–Crippen LogP) is 3.03. The molecule has 0 N–H and O–H groups in total. The molecule has 13 heteroatoms. The third kappa shape index (κ3) is 4.34. The van der Waals surface area contributed by atoms with E-state index < -0.39 is 32.6 Å². The van der Waals surface area contributed by atoms with Crippen molar-refractivity contribution in [3.8, 4) is 0 Å². The fraction of sp³-hybridized carbons (Fsp3) is 0.438. The molecule has 0 amide bonds. The van der Waals surface area contributed by atoms with E-state index in [0.717, 1.165) is 18.3 Å². The number of anilines is 1. The molecule has 0 spiro atoms. The SMILES string of the molecule is O=S(=O)(c1cc(F)ccc1N1CCN(Cc2nccn2C(F)F)CC1)C(F)(F)F. The van der Waals surface area contributed by atoms with Crippen molar-refractivity contribution in [3.63, 3.8) is 0 Å². The number of alkyl halides is 5. The van der Waals surface area contributed by atoms with Crippen molar-refractivity contribution in [1.82, 2.24) is 14.5 Å². The van der Waals surface area contributed by atoms with Crippen LogP contribution in [0, 0.1) is 5.82 Å². The number of nitrogens with zero attached hydrogens (tertiary/aromatic N) is 4. The Hall–Kier alpha value is -2.28. The third-order valence-electron chi connectivity index (χ3n) is 4.55. The van der Waals surface area contributed by atoms with Crippen LogP contribution in [0.25, 0.3) is 0 Å². The first-order valence-corrected chi connectivity index (χ1v) is 9.87. The van der Waals surface area contributed by atoms with Crippen LogP contribution in [0.2, 0.25) is 0 Å². The highest BCUT2D eigenvalue weighted by Gasteiger charge is 2.48. The Morgan fingerprint density at radius 1 is 1.10 bits per heavy atom. The van der Waals surface area contributed by atoms with Crippen LogP contribution in [0.15, 0.2) is 35.5 Å². The summed E-state index contributed by atoms with van der Waals surface area (Å²) >= 11 is 0. The summed E-state index contributed by atoms with van der Waals surface area (Å²) in [6, 6.07) is 2.23. The molecule has 0 radical (unpaired) electrons. The van der Waals surface area contributed by atoms with Gasteiger partial charge in [0.15, 0.2) is 0 Å². The number of aromatic nitrogens is 2. The van der Waals surface area contributed by atoms with Gasteiger partial charge in [0, 0.05) is 38.6 Å². The zero-order chi connectivity index (χ0) is 21.4. The second-order valence-electron chi connectivity index (χ2n) is 6.35. The Labute approximate surface area is 162 Å². The molecule has 0 bridgehead atoms. The Bertz CT molecular complexity index is 968. The summed E-state index contributed by atoms with van der Waals surface area (Å²) in [5.41, 5.74) is -5.82. The van der Waals surface area contributed by atoms with Crippen molar-refractivity contribution in [2.75, 3.05) is 31.1 Å². The molecule has 2 heterocycles. The van der Waals surface area contributed by atoms with Crippen LogP contribution in [0.1, 0.15) is 12.4 Å². The van der Waals surface area contributed by atoms with Crippen molar-refractivity contribution >= 4 is 15.5 Å². The van der Waals surface area contributed by atoms with E-state index in [9.17, 15) is 34.8 Å². The summed E-state index contributed by atoms with van der Waals surface area (Å²) in [7, 11) is -5.74. The highest BCUT2D eigenvalue weighted by atomic mass is 32.2. The number of imidazole rings is 1. The Morgan fingerprint density at radius 3 is 2.34 bits per heavy atom. The van der Waals surface area contributed by atoms with E-state index in [2.05, 4.69) is 4.98 Å². The largest absolute Gasteiger partial charge is 0.501 e. The van der Waals surface area contributed by atoms with E-state index in [1.807, 2.05) is 0 Å². The van der Waals surface area contributed by atoms with Gasteiger partial charge < -0.3 is 4.90 Å². The number of hydrogen-bond donors (Lipinski definition) is 0. The van der Waals surface area contributed by atoms with Gasteiger partial charge in [-0.1, -0.05) is 0 Å². The average Bonchev–Trinajstić information content (AvgIpc) is 3.10. The van der Waals surface area contributed by atoms with Crippen LogP contribution >= 0.6 is 0 Å². The van der Waals surface area contributed by atoms with Gasteiger partial charge in [-0.2, -0.15) is 22.0 Å². The van der Waals surface area contributed by atoms with Crippen molar-refractivity contribution < 1.29 is 34.8 Å². The average molecular weight is 442 g/mol. The molecule has 0 unspecified atom stereocenters. The number of piperazine rings is 1. The Morgan fingerprint density at radius 2 is 1.76 bits per heavy atom. The van der Waals surface area contributed by atoms with Crippen LogP contribution in [0.4, 0.5) is 32.0 Å². The minimum atomic E-state index is -5.74. The smallest absolute Gasteiger partial charge is 0.368 e. The Balaban J connectivity index is 1.77. The summed E-state index contributed by atoms with van der Waals surface area (Å²) in [5.74, 6) is -0.968. The molecular formula is C16H16F6N4O2S. The van der Waals surface area contributed by atoms with Gasteiger partial charge in [0.2, 0.25) is 0 Å². The Kier molecular flexibility index (Phi) is 5.81. The lowest BCUT2D eigenvalue weighted by molar-refractivity contribution is -0.0435. The molecular weight excluding hydrogens is 426 g/mol. The molecule has 160 valence electrons. The molecule has 0 saturated carbocycles. The topological polar surface area (TPSA) is 58.4 Å². The minimum Gasteiger partial charge on any atom is -0.368 e. The van der Waals surface area contributed by atoms with Gasteiger partial charge >= 0.3 is 12.1 Å². The molecule has 1 aliphatic heterocycles. The van der Waals surface area contributed by atoms with Crippen molar-refractivity contribution in [2.24, 2.45) is 0 Å². The molecule has 1 aromatic carbocycles. The van der Waals surface area contributed by atoms with Crippen molar-refractivity contribution in [1.29, 1.82) is 0 Å². The van der Waals surface area contributed by atoms with Gasteiger partial charge in [0.25, 0.3) is 9.84 Å². The molecule has 1 aromatic heterocycles. The normalized spacial score (nSPS) is 16.6. The summed E-state index contributed by atoms with van der Waals surface area (Å²) in [6.45, 7) is -1.87. The first-order valence-electron chi connectivity index (χ1n) is 8.39. The lowest BCUT2D eigenvalue weighted by Gasteiger charge is -2.36. The predicted molar refractivity (Wildman–Crippen MR) is 90.6 cm³/mol. The second kappa shape index (κ2) is 7.86. The van der Waals surface area contributed by atoms with E-state index in [-0.39, 0.29) is 44.2 Å². The van der Waals surface area contributed by atoms with E-state index in [1.54, 1.807) is 4.90 Å².